The third-order valence-corrected chi connectivity index (χ3v) is 3.26. The lowest BCUT2D eigenvalue weighted by Gasteiger charge is -2.10. The van der Waals surface area contributed by atoms with Crippen LogP contribution in [0.5, 0.6) is 11.5 Å². The van der Waals surface area contributed by atoms with Crippen molar-refractivity contribution in [1.29, 1.82) is 0 Å². The molecule has 110 valence electrons. The second-order valence-corrected chi connectivity index (χ2v) is 4.88. The zero-order valence-corrected chi connectivity index (χ0v) is 12.7. The minimum absolute atomic E-state index is 0.0623. The Morgan fingerprint density at radius 3 is 2.43 bits per heavy atom. The Kier molecular flexibility index (Phi) is 4.99. The first kappa shape index (κ1) is 15.1. The van der Waals surface area contributed by atoms with E-state index in [9.17, 15) is 4.79 Å². The summed E-state index contributed by atoms with van der Waals surface area (Å²) in [6.45, 7) is 4.43. The van der Waals surface area contributed by atoms with Crippen molar-refractivity contribution in [3.63, 3.8) is 0 Å². The molecule has 2 rings (SSSR count). The number of aryl methyl sites for hydroxylation is 1. The molecule has 3 nitrogen and oxygen atoms in total. The van der Waals surface area contributed by atoms with Gasteiger partial charge in [-0.3, -0.25) is 4.79 Å². The highest BCUT2D eigenvalue weighted by molar-refractivity contribution is 6.00. The van der Waals surface area contributed by atoms with Crippen molar-refractivity contribution < 1.29 is 14.3 Å². The van der Waals surface area contributed by atoms with Gasteiger partial charge in [-0.05, 0) is 43.7 Å². The van der Waals surface area contributed by atoms with Gasteiger partial charge in [0.2, 0.25) is 0 Å². The summed E-state index contributed by atoms with van der Waals surface area (Å²) >= 11 is 0. The van der Waals surface area contributed by atoms with Gasteiger partial charge in [-0.1, -0.05) is 23.8 Å². The van der Waals surface area contributed by atoms with E-state index in [1.54, 1.807) is 7.11 Å². The van der Waals surface area contributed by atoms with Crippen molar-refractivity contribution in [1.82, 2.24) is 0 Å². The molecule has 21 heavy (non-hydrogen) atoms. The molecule has 0 aliphatic carbocycles. The van der Waals surface area contributed by atoms with Crippen LogP contribution in [0.25, 0.3) is 0 Å². The molecule has 2 aromatic rings. The van der Waals surface area contributed by atoms with Gasteiger partial charge < -0.3 is 9.47 Å². The quantitative estimate of drug-likeness (QED) is 0.756. The molecular weight excluding hydrogens is 264 g/mol. The van der Waals surface area contributed by atoms with Crippen molar-refractivity contribution >= 4 is 5.78 Å². The number of benzene rings is 2. The Labute approximate surface area is 125 Å². The molecule has 0 atom stereocenters. The number of methoxy groups -OCH3 is 1. The van der Waals surface area contributed by atoms with Gasteiger partial charge in [0.05, 0.1) is 19.3 Å². The summed E-state index contributed by atoms with van der Waals surface area (Å²) in [6, 6.07) is 13.2. The van der Waals surface area contributed by atoms with Gasteiger partial charge in [-0.2, -0.15) is 0 Å². The van der Waals surface area contributed by atoms with Crippen LogP contribution in [0.1, 0.15) is 28.4 Å². The number of Topliss-reactive ketones (excluding diaryl/α,β-unsaturated/α-hetero) is 1. The number of hydrogen-bond donors (Lipinski definition) is 0. The van der Waals surface area contributed by atoms with Gasteiger partial charge in [0.15, 0.2) is 5.78 Å². The van der Waals surface area contributed by atoms with Crippen LogP contribution < -0.4 is 9.47 Å². The van der Waals surface area contributed by atoms with Gasteiger partial charge in [0.25, 0.3) is 0 Å². The van der Waals surface area contributed by atoms with E-state index >= 15 is 0 Å². The molecule has 0 saturated carbocycles. The van der Waals surface area contributed by atoms with Crippen LogP contribution in [-0.2, 0) is 6.42 Å². The molecule has 0 amide bonds. The number of carbonyl (C=O) groups is 1. The zero-order valence-electron chi connectivity index (χ0n) is 12.7. The second kappa shape index (κ2) is 6.93. The lowest BCUT2D eigenvalue weighted by molar-refractivity contribution is 0.0989. The van der Waals surface area contributed by atoms with E-state index in [0.29, 0.717) is 24.3 Å². The fourth-order valence-electron chi connectivity index (χ4n) is 2.17. The van der Waals surface area contributed by atoms with E-state index in [4.69, 9.17) is 9.47 Å². The monoisotopic (exact) mass is 284 g/mol. The summed E-state index contributed by atoms with van der Waals surface area (Å²) in [5.41, 5.74) is 2.66. The third-order valence-electron chi connectivity index (χ3n) is 3.26. The lowest BCUT2D eigenvalue weighted by Crippen LogP contribution is -2.07. The molecule has 0 radical (unpaired) electrons. The Morgan fingerprint density at radius 1 is 1.10 bits per heavy atom. The first-order chi connectivity index (χ1) is 10.1. The Morgan fingerprint density at radius 2 is 1.81 bits per heavy atom. The predicted molar refractivity (Wildman–Crippen MR) is 83.4 cm³/mol. The average molecular weight is 284 g/mol. The van der Waals surface area contributed by atoms with Crippen LogP contribution in [0.15, 0.2) is 42.5 Å². The fourth-order valence-corrected chi connectivity index (χ4v) is 2.17. The summed E-state index contributed by atoms with van der Waals surface area (Å²) in [6.07, 6.45) is 0.355. The molecule has 0 unspecified atom stereocenters. The molecular formula is C18H20O3. The van der Waals surface area contributed by atoms with E-state index < -0.39 is 0 Å². The van der Waals surface area contributed by atoms with Crippen molar-refractivity contribution in [2.24, 2.45) is 0 Å². The van der Waals surface area contributed by atoms with Gasteiger partial charge in [0, 0.05) is 6.42 Å². The molecule has 0 spiro atoms. The number of rotatable bonds is 6. The van der Waals surface area contributed by atoms with Gasteiger partial charge in [-0.25, -0.2) is 0 Å². The number of ether oxygens (including phenoxy) is 2. The molecule has 2 aromatic carbocycles. The standard InChI is InChI=1S/C18H20O3/c1-4-21-18-10-5-13(2)11-16(18)17(19)12-14-6-8-15(20-3)9-7-14/h5-11H,4,12H2,1-3H3. The molecule has 0 aliphatic rings. The molecule has 0 heterocycles. The molecule has 0 aromatic heterocycles. The van der Waals surface area contributed by atoms with Crippen molar-refractivity contribution in [2.75, 3.05) is 13.7 Å². The van der Waals surface area contributed by atoms with Gasteiger partial charge in [0.1, 0.15) is 11.5 Å². The topological polar surface area (TPSA) is 35.5 Å². The maximum Gasteiger partial charge on any atom is 0.170 e. The first-order valence-corrected chi connectivity index (χ1v) is 7.03. The normalized spacial score (nSPS) is 10.2. The molecule has 0 aliphatic heterocycles. The summed E-state index contributed by atoms with van der Waals surface area (Å²) in [5.74, 6) is 1.51. The minimum Gasteiger partial charge on any atom is -0.497 e. The van der Waals surface area contributed by atoms with Crippen LogP contribution in [-0.4, -0.2) is 19.5 Å². The lowest BCUT2D eigenvalue weighted by atomic mass is 10.0. The van der Waals surface area contributed by atoms with Crippen molar-refractivity contribution in [2.45, 2.75) is 20.3 Å². The predicted octanol–water partition coefficient (Wildman–Crippen LogP) is 3.83. The maximum absolute atomic E-state index is 12.5. The van der Waals surface area contributed by atoms with Crippen molar-refractivity contribution in [3.05, 3.63) is 59.2 Å². The number of hydrogen-bond acceptors (Lipinski definition) is 3. The first-order valence-electron chi connectivity index (χ1n) is 7.03. The molecule has 0 N–H and O–H groups in total. The number of carbonyl (C=O) groups excluding carboxylic acids is 1. The van der Waals surface area contributed by atoms with Gasteiger partial charge in [-0.15, -0.1) is 0 Å². The molecule has 3 heteroatoms. The minimum atomic E-state index is 0.0623. The van der Waals surface area contributed by atoms with E-state index in [1.165, 1.54) is 0 Å². The van der Waals surface area contributed by atoms with Crippen LogP contribution in [0.3, 0.4) is 0 Å². The number of ketones is 1. The largest absolute Gasteiger partial charge is 0.497 e. The third kappa shape index (κ3) is 3.85. The van der Waals surface area contributed by atoms with Crippen LogP contribution in [0.4, 0.5) is 0 Å². The molecule has 0 saturated heterocycles. The van der Waals surface area contributed by atoms with Crippen LogP contribution in [0.2, 0.25) is 0 Å². The summed E-state index contributed by atoms with van der Waals surface area (Å²) < 4.78 is 10.7. The van der Waals surface area contributed by atoms with E-state index in [0.717, 1.165) is 16.9 Å². The molecule has 0 bridgehead atoms. The Bertz CT molecular complexity index is 615. The fraction of sp³-hybridized carbons (Fsp3) is 0.278. The molecule has 0 fully saturated rings. The van der Waals surface area contributed by atoms with E-state index in [2.05, 4.69) is 0 Å². The van der Waals surface area contributed by atoms with E-state index in [-0.39, 0.29) is 5.78 Å². The summed E-state index contributed by atoms with van der Waals surface area (Å²) in [4.78, 5) is 12.5. The smallest absolute Gasteiger partial charge is 0.170 e. The highest BCUT2D eigenvalue weighted by Gasteiger charge is 2.13. The van der Waals surface area contributed by atoms with E-state index in [1.807, 2.05) is 56.3 Å². The highest BCUT2D eigenvalue weighted by atomic mass is 16.5. The second-order valence-electron chi connectivity index (χ2n) is 4.88. The van der Waals surface area contributed by atoms with Crippen LogP contribution >= 0.6 is 0 Å². The SMILES string of the molecule is CCOc1ccc(C)cc1C(=O)Cc1ccc(OC)cc1. The van der Waals surface area contributed by atoms with Crippen molar-refractivity contribution in [3.8, 4) is 11.5 Å². The van der Waals surface area contributed by atoms with Gasteiger partial charge >= 0.3 is 0 Å². The highest BCUT2D eigenvalue weighted by Crippen LogP contribution is 2.22. The summed E-state index contributed by atoms with van der Waals surface area (Å²) in [5, 5.41) is 0. The average Bonchev–Trinajstić information content (AvgIpc) is 2.50. The Balaban J connectivity index is 2.20. The maximum atomic E-state index is 12.5. The zero-order chi connectivity index (χ0) is 15.2. The Hall–Kier alpha value is -2.29. The van der Waals surface area contributed by atoms with Crippen LogP contribution in [0, 0.1) is 6.92 Å². The summed E-state index contributed by atoms with van der Waals surface area (Å²) in [7, 11) is 1.63.